The summed E-state index contributed by atoms with van der Waals surface area (Å²) >= 11 is 7.18. The maximum absolute atomic E-state index is 13.3. The van der Waals surface area contributed by atoms with Crippen LogP contribution in [0.2, 0.25) is 5.02 Å². The molecule has 1 saturated heterocycles. The third-order valence-electron chi connectivity index (χ3n) is 6.77. The smallest absolute Gasteiger partial charge is 0.350 e. The van der Waals surface area contributed by atoms with Crippen LogP contribution >= 0.6 is 22.9 Å². The van der Waals surface area contributed by atoms with E-state index >= 15 is 0 Å². The topological polar surface area (TPSA) is 126 Å². The summed E-state index contributed by atoms with van der Waals surface area (Å²) in [7, 11) is 2.85. The van der Waals surface area contributed by atoms with Gasteiger partial charge in [-0.1, -0.05) is 53.3 Å². The average molecular weight is 574 g/mol. The number of amides is 2. The lowest BCUT2D eigenvalue weighted by atomic mass is 9.94. The lowest BCUT2D eigenvalue weighted by Gasteiger charge is -2.37. The highest BCUT2D eigenvalue weighted by atomic mass is 35.5. The Hall–Kier alpha value is -3.41. The predicted molar refractivity (Wildman–Crippen MR) is 150 cm³/mol. The minimum absolute atomic E-state index is 0.00856. The number of rotatable bonds is 8. The predicted octanol–water partition coefficient (Wildman–Crippen LogP) is 3.91. The highest BCUT2D eigenvalue weighted by Crippen LogP contribution is 2.31. The Labute approximate surface area is 236 Å². The van der Waals surface area contributed by atoms with Crippen LogP contribution in [-0.4, -0.2) is 67.2 Å². The van der Waals surface area contributed by atoms with Crippen molar-refractivity contribution in [2.45, 2.75) is 44.9 Å². The third-order valence-corrected chi connectivity index (χ3v) is 8.26. The van der Waals surface area contributed by atoms with E-state index < -0.39 is 17.4 Å². The fourth-order valence-corrected chi connectivity index (χ4v) is 5.67. The number of piperidine rings is 1. The molecule has 1 aliphatic heterocycles. The number of nitrogens with one attached hydrogen (secondary N) is 3. The van der Waals surface area contributed by atoms with E-state index in [-0.39, 0.29) is 28.6 Å². The summed E-state index contributed by atoms with van der Waals surface area (Å²) in [6.45, 7) is 6.49. The molecule has 0 radical (unpaired) electrons. The lowest BCUT2D eigenvalue weighted by Crippen LogP contribution is -2.55. The highest BCUT2D eigenvalue weighted by Gasteiger charge is 2.35. The molecule has 1 fully saturated rings. The van der Waals surface area contributed by atoms with Gasteiger partial charge < -0.3 is 30.0 Å². The molecule has 39 heavy (non-hydrogen) atoms. The van der Waals surface area contributed by atoms with Gasteiger partial charge in [0.25, 0.3) is 11.8 Å². The summed E-state index contributed by atoms with van der Waals surface area (Å²) in [4.78, 5) is 48.3. The van der Waals surface area contributed by atoms with Gasteiger partial charge in [-0.15, -0.1) is 0 Å². The van der Waals surface area contributed by atoms with Crippen molar-refractivity contribution < 1.29 is 23.9 Å². The van der Waals surface area contributed by atoms with Gasteiger partial charge in [-0.25, -0.2) is 9.78 Å². The average Bonchev–Trinajstić information content (AvgIpc) is 3.52. The monoisotopic (exact) mass is 573 g/mol. The Kier molecular flexibility index (Phi) is 8.63. The van der Waals surface area contributed by atoms with Crippen LogP contribution in [0.1, 0.15) is 62.2 Å². The van der Waals surface area contributed by atoms with E-state index in [0.29, 0.717) is 35.4 Å². The SMILES string of the molecule is COC(=O)c1sc(N2CC[C@@H](NC(=O)c3cc(Cl)c(C)[nH]3)[C@@H](OC)C2)nc1C(=O)NC(C)(C)c1ccccc1. The van der Waals surface area contributed by atoms with Crippen LogP contribution < -0.4 is 15.5 Å². The zero-order valence-electron chi connectivity index (χ0n) is 22.5. The van der Waals surface area contributed by atoms with Crippen molar-refractivity contribution in [3.05, 3.63) is 68.9 Å². The molecule has 1 aliphatic rings. The number of H-pyrrole nitrogens is 1. The molecule has 2 amide bonds. The zero-order chi connectivity index (χ0) is 28.3. The van der Waals surface area contributed by atoms with Gasteiger partial charge in [-0.3, -0.25) is 9.59 Å². The van der Waals surface area contributed by atoms with E-state index in [9.17, 15) is 14.4 Å². The lowest BCUT2D eigenvalue weighted by molar-refractivity contribution is 0.0540. The molecule has 10 nitrogen and oxygen atoms in total. The first-order valence-electron chi connectivity index (χ1n) is 12.4. The molecular formula is C27H32ClN5O5S. The summed E-state index contributed by atoms with van der Waals surface area (Å²) in [6, 6.07) is 10.9. The van der Waals surface area contributed by atoms with Crippen LogP contribution in [0.4, 0.5) is 5.13 Å². The van der Waals surface area contributed by atoms with Crippen molar-refractivity contribution >= 4 is 45.9 Å². The van der Waals surface area contributed by atoms with Crippen LogP contribution in [0.15, 0.2) is 36.4 Å². The Morgan fingerprint density at radius 1 is 1.18 bits per heavy atom. The summed E-state index contributed by atoms with van der Waals surface area (Å²) in [5, 5.41) is 7.00. The molecule has 3 heterocycles. The number of benzene rings is 1. The summed E-state index contributed by atoms with van der Waals surface area (Å²) in [5.41, 5.74) is 1.32. The Bertz CT molecular complexity index is 1340. The number of aryl methyl sites for hydroxylation is 1. The zero-order valence-corrected chi connectivity index (χ0v) is 24.0. The van der Waals surface area contributed by atoms with Crippen molar-refractivity contribution in [2.24, 2.45) is 0 Å². The van der Waals surface area contributed by atoms with Crippen molar-refractivity contribution in [1.29, 1.82) is 0 Å². The maximum Gasteiger partial charge on any atom is 0.350 e. The second-order valence-corrected chi connectivity index (χ2v) is 11.2. The minimum Gasteiger partial charge on any atom is -0.465 e. The maximum atomic E-state index is 13.3. The molecule has 12 heteroatoms. The number of esters is 1. The fourth-order valence-electron chi connectivity index (χ4n) is 4.49. The molecule has 0 unspecified atom stereocenters. The van der Waals surface area contributed by atoms with Gasteiger partial charge >= 0.3 is 5.97 Å². The fraction of sp³-hybridized carbons (Fsp3) is 0.407. The van der Waals surface area contributed by atoms with Crippen molar-refractivity contribution in [2.75, 3.05) is 32.2 Å². The third kappa shape index (κ3) is 6.26. The van der Waals surface area contributed by atoms with Crippen LogP contribution in [0.3, 0.4) is 0 Å². The molecule has 208 valence electrons. The number of thiazole rings is 1. The van der Waals surface area contributed by atoms with Crippen molar-refractivity contribution in [3.8, 4) is 0 Å². The minimum atomic E-state index is -0.699. The number of carbonyl (C=O) groups is 3. The molecule has 4 rings (SSSR count). The molecule has 0 spiro atoms. The van der Waals surface area contributed by atoms with Crippen LogP contribution in [0, 0.1) is 6.92 Å². The van der Waals surface area contributed by atoms with E-state index in [1.54, 1.807) is 20.1 Å². The first kappa shape index (κ1) is 28.6. The van der Waals surface area contributed by atoms with E-state index in [0.717, 1.165) is 22.6 Å². The van der Waals surface area contributed by atoms with E-state index in [1.165, 1.54) is 7.11 Å². The first-order chi connectivity index (χ1) is 18.5. The summed E-state index contributed by atoms with van der Waals surface area (Å²) in [5.74, 6) is -1.38. The number of aromatic nitrogens is 2. The van der Waals surface area contributed by atoms with Gasteiger partial charge in [0.2, 0.25) is 0 Å². The van der Waals surface area contributed by atoms with Crippen LogP contribution in [-0.2, 0) is 15.0 Å². The number of hydrogen-bond acceptors (Lipinski definition) is 8. The molecule has 1 aromatic carbocycles. The quantitative estimate of drug-likeness (QED) is 0.349. The number of halogens is 1. The molecule has 3 aromatic rings. The molecule has 0 aliphatic carbocycles. The van der Waals surface area contributed by atoms with Gasteiger partial charge in [0.05, 0.1) is 29.8 Å². The first-order valence-corrected chi connectivity index (χ1v) is 13.6. The number of nitrogens with zero attached hydrogens (tertiary/aromatic N) is 2. The Morgan fingerprint density at radius 2 is 1.90 bits per heavy atom. The number of aromatic amines is 1. The van der Waals surface area contributed by atoms with Gasteiger partial charge in [0.15, 0.2) is 10.8 Å². The standard InChI is InChI=1S/C27H32ClN5O5S/c1-15-17(28)13-19(29-15)23(34)30-18-11-12-33(14-20(18)37-4)26-31-21(22(39-26)25(36)38-5)24(35)32-27(2,3)16-9-7-6-8-10-16/h6-10,13,18,20,29H,11-12,14H2,1-5H3,(H,30,34)(H,32,35)/t18-,20+/m1/s1. The molecule has 0 bridgehead atoms. The number of hydrogen-bond donors (Lipinski definition) is 3. The molecule has 0 saturated carbocycles. The van der Waals surface area contributed by atoms with E-state index in [4.69, 9.17) is 21.1 Å². The van der Waals surface area contributed by atoms with Gasteiger partial charge in [0.1, 0.15) is 10.6 Å². The second-order valence-electron chi connectivity index (χ2n) is 9.86. The molecule has 3 N–H and O–H groups in total. The Balaban J connectivity index is 1.51. The molecular weight excluding hydrogens is 542 g/mol. The molecule has 2 aromatic heterocycles. The van der Waals surface area contributed by atoms with E-state index in [1.807, 2.05) is 49.1 Å². The summed E-state index contributed by atoms with van der Waals surface area (Å²) < 4.78 is 10.6. The largest absolute Gasteiger partial charge is 0.465 e. The van der Waals surface area contributed by atoms with Crippen LogP contribution in [0.25, 0.3) is 0 Å². The second kappa shape index (κ2) is 11.8. The number of anilines is 1. The molecule has 2 atom stereocenters. The normalized spacial score (nSPS) is 17.5. The van der Waals surface area contributed by atoms with Crippen molar-refractivity contribution in [3.63, 3.8) is 0 Å². The Morgan fingerprint density at radius 3 is 2.51 bits per heavy atom. The summed E-state index contributed by atoms with van der Waals surface area (Å²) in [6.07, 6.45) is 0.210. The van der Waals surface area contributed by atoms with E-state index in [2.05, 4.69) is 20.6 Å². The van der Waals surface area contributed by atoms with Crippen LogP contribution in [0.5, 0.6) is 0 Å². The van der Waals surface area contributed by atoms with Gasteiger partial charge in [-0.05, 0) is 38.8 Å². The number of methoxy groups -OCH3 is 2. The highest BCUT2D eigenvalue weighted by molar-refractivity contribution is 7.17. The van der Waals surface area contributed by atoms with Gasteiger partial charge in [-0.2, -0.15) is 0 Å². The van der Waals surface area contributed by atoms with Crippen molar-refractivity contribution in [1.82, 2.24) is 20.6 Å². The number of carbonyl (C=O) groups excluding carboxylic acids is 3. The van der Waals surface area contributed by atoms with Gasteiger partial charge in [0, 0.05) is 25.9 Å². The number of ether oxygens (including phenoxy) is 2.